The van der Waals surface area contributed by atoms with Crippen LogP contribution in [-0.2, 0) is 32.7 Å². The van der Waals surface area contributed by atoms with Gasteiger partial charge >= 0.3 is 19.8 Å². The molecule has 3 atom stereocenters. The van der Waals surface area contributed by atoms with Gasteiger partial charge in [-0.2, -0.15) is 0 Å². The summed E-state index contributed by atoms with van der Waals surface area (Å²) >= 11 is 0. The van der Waals surface area contributed by atoms with Crippen LogP contribution in [0.2, 0.25) is 0 Å². The SMILES string of the molecule is CCCCC/C=C\C/C=C\CCCCCCCC(=O)O[C@H](COC(=O)CCCCCCCCC/C=C\CCCCCC)COP(=O)(O)OC[C@@H](O)CO. The van der Waals surface area contributed by atoms with Gasteiger partial charge in [0.2, 0.25) is 0 Å². The Hall–Kier alpha value is -1.81. The van der Waals surface area contributed by atoms with Crippen molar-refractivity contribution >= 4 is 19.8 Å². The van der Waals surface area contributed by atoms with E-state index >= 15 is 0 Å². The van der Waals surface area contributed by atoms with Crippen LogP contribution in [0.3, 0.4) is 0 Å². The zero-order valence-corrected chi connectivity index (χ0v) is 34.4. The second-order valence-electron chi connectivity index (χ2n) is 14.0. The van der Waals surface area contributed by atoms with Gasteiger partial charge in [-0.05, 0) is 70.6 Å². The Morgan fingerprint density at radius 1 is 0.566 bits per heavy atom. The molecule has 0 aromatic carbocycles. The van der Waals surface area contributed by atoms with Crippen LogP contribution in [-0.4, -0.2) is 65.7 Å². The third kappa shape index (κ3) is 38.3. The summed E-state index contributed by atoms with van der Waals surface area (Å²) in [7, 11) is -4.62. The topological polar surface area (TPSA) is 149 Å². The maximum absolute atomic E-state index is 12.6. The van der Waals surface area contributed by atoms with Gasteiger partial charge in [0, 0.05) is 12.8 Å². The largest absolute Gasteiger partial charge is 0.472 e. The first-order chi connectivity index (χ1) is 25.7. The van der Waals surface area contributed by atoms with E-state index in [1.54, 1.807) is 0 Å². The van der Waals surface area contributed by atoms with Crippen LogP contribution < -0.4 is 0 Å². The van der Waals surface area contributed by atoms with Crippen molar-refractivity contribution in [1.82, 2.24) is 0 Å². The molecule has 11 heteroatoms. The second-order valence-corrected chi connectivity index (χ2v) is 15.5. The third-order valence-electron chi connectivity index (χ3n) is 8.77. The van der Waals surface area contributed by atoms with Gasteiger partial charge < -0.3 is 24.6 Å². The van der Waals surface area contributed by atoms with Crippen molar-refractivity contribution in [3.63, 3.8) is 0 Å². The highest BCUT2D eigenvalue weighted by Crippen LogP contribution is 2.43. The molecule has 3 N–H and O–H groups in total. The summed E-state index contributed by atoms with van der Waals surface area (Å²) < 4.78 is 32.7. The number of phosphoric acid groups is 1. The van der Waals surface area contributed by atoms with Crippen molar-refractivity contribution in [3.8, 4) is 0 Å². The number of aliphatic hydroxyl groups excluding tert-OH is 2. The van der Waals surface area contributed by atoms with Gasteiger partial charge in [-0.1, -0.05) is 134 Å². The summed E-state index contributed by atoms with van der Waals surface area (Å²) in [4.78, 5) is 34.9. The molecule has 0 aromatic rings. The summed E-state index contributed by atoms with van der Waals surface area (Å²) in [5.74, 6) is -0.945. The molecule has 0 spiro atoms. The summed E-state index contributed by atoms with van der Waals surface area (Å²) in [6.45, 7) is 2.32. The first-order valence-corrected chi connectivity index (χ1v) is 22.4. The normalized spacial score (nSPS) is 14.3. The fraction of sp³-hybridized carbons (Fsp3) is 0.810. The Labute approximate surface area is 322 Å². The molecule has 0 saturated heterocycles. The lowest BCUT2D eigenvalue weighted by molar-refractivity contribution is -0.161. The molecule has 0 rings (SSSR count). The van der Waals surface area contributed by atoms with E-state index in [4.69, 9.17) is 19.1 Å². The van der Waals surface area contributed by atoms with Gasteiger partial charge in [-0.25, -0.2) is 4.57 Å². The zero-order valence-electron chi connectivity index (χ0n) is 33.5. The maximum atomic E-state index is 12.6. The minimum atomic E-state index is -4.62. The number of hydrogen-bond donors (Lipinski definition) is 3. The number of carbonyl (C=O) groups excluding carboxylic acids is 2. The fourth-order valence-corrected chi connectivity index (χ4v) is 6.28. The number of rotatable bonds is 39. The third-order valence-corrected chi connectivity index (χ3v) is 9.72. The number of carbonyl (C=O) groups is 2. The highest BCUT2D eigenvalue weighted by molar-refractivity contribution is 7.47. The number of phosphoric ester groups is 1. The summed E-state index contributed by atoms with van der Waals surface area (Å²) in [5.41, 5.74) is 0. The van der Waals surface area contributed by atoms with E-state index in [2.05, 4.69) is 54.8 Å². The van der Waals surface area contributed by atoms with Crippen LogP contribution in [0.15, 0.2) is 36.5 Å². The Bertz CT molecular complexity index is 983. The molecule has 0 fully saturated rings. The van der Waals surface area contributed by atoms with Gasteiger partial charge in [0.15, 0.2) is 6.10 Å². The summed E-state index contributed by atoms with van der Waals surface area (Å²) in [5, 5.41) is 18.3. The molecule has 0 aliphatic heterocycles. The fourth-order valence-electron chi connectivity index (χ4n) is 5.49. The molecule has 0 saturated carbocycles. The van der Waals surface area contributed by atoms with Crippen LogP contribution >= 0.6 is 7.82 Å². The lowest BCUT2D eigenvalue weighted by Crippen LogP contribution is -2.29. The van der Waals surface area contributed by atoms with Gasteiger partial charge in [0.25, 0.3) is 0 Å². The lowest BCUT2D eigenvalue weighted by Gasteiger charge is -2.20. The quantitative estimate of drug-likeness (QED) is 0.0238. The van der Waals surface area contributed by atoms with Crippen molar-refractivity contribution in [2.45, 2.75) is 193 Å². The van der Waals surface area contributed by atoms with E-state index in [1.807, 2.05) is 0 Å². The smallest absolute Gasteiger partial charge is 0.462 e. The molecule has 0 amide bonds. The van der Waals surface area contributed by atoms with Gasteiger partial charge in [0.05, 0.1) is 19.8 Å². The number of allylic oxidation sites excluding steroid dienone is 6. The predicted molar refractivity (Wildman–Crippen MR) is 214 cm³/mol. The molecule has 0 aliphatic rings. The van der Waals surface area contributed by atoms with Crippen LogP contribution in [0.25, 0.3) is 0 Å². The van der Waals surface area contributed by atoms with Gasteiger partial charge in [-0.3, -0.25) is 18.6 Å². The lowest BCUT2D eigenvalue weighted by atomic mass is 10.1. The van der Waals surface area contributed by atoms with Crippen molar-refractivity contribution in [3.05, 3.63) is 36.5 Å². The van der Waals surface area contributed by atoms with E-state index in [1.165, 1.54) is 70.6 Å². The molecule has 0 radical (unpaired) electrons. The van der Waals surface area contributed by atoms with Crippen LogP contribution in [0.1, 0.15) is 181 Å². The maximum Gasteiger partial charge on any atom is 0.472 e. The molecule has 0 aromatic heterocycles. The Morgan fingerprint density at radius 2 is 0.981 bits per heavy atom. The van der Waals surface area contributed by atoms with Crippen molar-refractivity contribution < 1.29 is 47.8 Å². The van der Waals surface area contributed by atoms with E-state index in [0.29, 0.717) is 12.8 Å². The molecular weight excluding hydrogens is 695 g/mol. The van der Waals surface area contributed by atoms with Crippen LogP contribution in [0.5, 0.6) is 0 Å². The Kier molecular flexibility index (Phi) is 37.2. The van der Waals surface area contributed by atoms with Gasteiger partial charge in [0.1, 0.15) is 12.7 Å². The first-order valence-electron chi connectivity index (χ1n) is 20.9. The molecule has 0 aliphatic carbocycles. The molecule has 10 nitrogen and oxygen atoms in total. The Balaban J connectivity index is 4.35. The predicted octanol–water partition coefficient (Wildman–Crippen LogP) is 10.8. The van der Waals surface area contributed by atoms with Crippen LogP contribution in [0.4, 0.5) is 0 Å². The Morgan fingerprint density at radius 3 is 1.51 bits per heavy atom. The van der Waals surface area contributed by atoms with Crippen molar-refractivity contribution in [1.29, 1.82) is 0 Å². The summed E-state index contributed by atoms with van der Waals surface area (Å²) in [6, 6.07) is 0. The summed E-state index contributed by atoms with van der Waals surface area (Å²) in [6.07, 6.45) is 38.2. The number of hydrogen-bond acceptors (Lipinski definition) is 9. The number of unbranched alkanes of at least 4 members (excludes halogenated alkanes) is 19. The average Bonchev–Trinajstić information content (AvgIpc) is 3.14. The van der Waals surface area contributed by atoms with E-state index in [-0.39, 0.29) is 19.4 Å². The molecule has 310 valence electrons. The van der Waals surface area contributed by atoms with E-state index < -0.39 is 51.8 Å². The second kappa shape index (κ2) is 38.5. The van der Waals surface area contributed by atoms with Crippen molar-refractivity contribution in [2.24, 2.45) is 0 Å². The standard InChI is InChI=1S/C42H77O10P/c1-3-5-7-9-11-13-15-17-19-21-23-25-27-29-31-33-41(45)49-37-40(38-51-53(47,48)50-36-39(44)35-43)52-42(46)34-32-30-28-26-24-22-20-18-16-14-12-10-8-6-4-2/h12-15,18,20,39-40,43-44H,3-11,16-17,19,21-38H2,1-2H3,(H,47,48)/b14-12-,15-13-,20-18-/t39-,40+/m0/s1. The molecule has 53 heavy (non-hydrogen) atoms. The highest BCUT2D eigenvalue weighted by Gasteiger charge is 2.27. The zero-order chi connectivity index (χ0) is 39.1. The molecule has 0 heterocycles. The van der Waals surface area contributed by atoms with Crippen LogP contribution in [0, 0.1) is 0 Å². The minimum Gasteiger partial charge on any atom is -0.462 e. The number of ether oxygens (including phenoxy) is 2. The first kappa shape index (κ1) is 51.2. The monoisotopic (exact) mass is 773 g/mol. The van der Waals surface area contributed by atoms with E-state index in [0.717, 1.165) is 70.6 Å². The molecular formula is C42H77O10P. The van der Waals surface area contributed by atoms with Gasteiger partial charge in [-0.15, -0.1) is 0 Å². The molecule has 1 unspecified atom stereocenters. The van der Waals surface area contributed by atoms with Crippen molar-refractivity contribution in [2.75, 3.05) is 26.4 Å². The highest BCUT2D eigenvalue weighted by atomic mass is 31.2. The minimum absolute atomic E-state index is 0.167. The number of esters is 2. The molecule has 0 bridgehead atoms. The van der Waals surface area contributed by atoms with E-state index in [9.17, 15) is 24.2 Å². The number of aliphatic hydroxyl groups is 2. The average molecular weight is 773 g/mol.